The fourth-order valence-electron chi connectivity index (χ4n) is 3.29. The van der Waals surface area contributed by atoms with Gasteiger partial charge in [0.1, 0.15) is 17.8 Å². The van der Waals surface area contributed by atoms with Gasteiger partial charge in [-0.15, -0.1) is 0 Å². The Balaban J connectivity index is 1.96. The summed E-state index contributed by atoms with van der Waals surface area (Å²) in [6.07, 6.45) is 2.95. The summed E-state index contributed by atoms with van der Waals surface area (Å²) in [6.45, 7) is 0.411. The quantitative estimate of drug-likeness (QED) is 0.708. The maximum Gasteiger partial charge on any atom is 0.411 e. The van der Waals surface area contributed by atoms with Gasteiger partial charge in [0, 0.05) is 30.9 Å². The molecule has 122 valence electrons. The van der Waals surface area contributed by atoms with Gasteiger partial charge in [-0.05, 0) is 18.1 Å². The lowest BCUT2D eigenvalue weighted by Crippen LogP contribution is -2.26. The zero-order valence-corrected chi connectivity index (χ0v) is 13.6. The number of halogens is 1. The van der Waals surface area contributed by atoms with Gasteiger partial charge in [-0.3, -0.25) is 4.90 Å². The Kier molecular flexibility index (Phi) is 3.14. The number of carbonyl (C=O) groups is 1. The van der Waals surface area contributed by atoms with Crippen LogP contribution in [0.5, 0.6) is 0 Å². The number of hydrogen-bond acceptors (Lipinski definition) is 4. The normalized spacial score (nSPS) is 13.5. The molecule has 0 unspecified atom stereocenters. The summed E-state index contributed by atoms with van der Waals surface area (Å²) >= 11 is 6.61. The average Bonchev–Trinajstić information content (AvgIpc) is 3.11. The molecule has 24 heavy (non-hydrogen) atoms. The van der Waals surface area contributed by atoms with Crippen LogP contribution in [-0.2, 0) is 13.5 Å². The van der Waals surface area contributed by atoms with Crippen molar-refractivity contribution in [2.24, 2.45) is 7.05 Å². The van der Waals surface area contributed by atoms with Crippen LogP contribution in [0.2, 0.25) is 5.02 Å². The number of nitrogen functional groups attached to an aromatic ring is 1. The first-order valence-corrected chi connectivity index (χ1v) is 7.74. The number of fused-ring (bicyclic) bond motifs is 2. The summed E-state index contributed by atoms with van der Waals surface area (Å²) in [7, 11) is 1.88. The molecule has 3 aromatic rings. The van der Waals surface area contributed by atoms with E-state index in [4.69, 9.17) is 17.3 Å². The Morgan fingerprint density at radius 1 is 1.33 bits per heavy atom. The molecule has 8 heteroatoms. The molecule has 1 aromatic carbocycles. The van der Waals surface area contributed by atoms with Gasteiger partial charge < -0.3 is 15.4 Å². The van der Waals surface area contributed by atoms with Gasteiger partial charge in [0.25, 0.3) is 0 Å². The fourth-order valence-corrected chi connectivity index (χ4v) is 3.65. The first-order valence-electron chi connectivity index (χ1n) is 7.36. The van der Waals surface area contributed by atoms with Crippen molar-refractivity contribution in [2.45, 2.75) is 6.42 Å². The van der Waals surface area contributed by atoms with Gasteiger partial charge in [-0.2, -0.15) is 0 Å². The topological polar surface area (TPSA) is 97.3 Å². The SMILES string of the molecule is Cn1cc(-c2ccc3c(c2Cl)CCN3C(=O)O)c2c(N)ncnc21. The average molecular weight is 344 g/mol. The molecule has 0 aliphatic carbocycles. The lowest BCUT2D eigenvalue weighted by atomic mass is 10.0. The third-order valence-electron chi connectivity index (χ3n) is 4.40. The summed E-state index contributed by atoms with van der Waals surface area (Å²) in [5, 5.41) is 10.6. The van der Waals surface area contributed by atoms with Crippen LogP contribution in [0, 0.1) is 0 Å². The molecule has 3 heterocycles. The molecule has 0 atom stereocenters. The summed E-state index contributed by atoms with van der Waals surface area (Å²) < 4.78 is 1.87. The maximum atomic E-state index is 11.3. The molecular formula is C16H14ClN5O2. The molecule has 0 saturated heterocycles. The second-order valence-corrected chi connectivity index (χ2v) is 6.10. The second-order valence-electron chi connectivity index (χ2n) is 5.72. The van der Waals surface area contributed by atoms with Crippen molar-refractivity contribution in [3.05, 3.63) is 35.2 Å². The molecule has 0 saturated carbocycles. The summed E-state index contributed by atoms with van der Waals surface area (Å²) in [4.78, 5) is 20.9. The Hall–Kier alpha value is -2.80. The Bertz CT molecular complexity index is 998. The molecule has 0 fully saturated rings. The zero-order chi connectivity index (χ0) is 17.0. The number of anilines is 2. The number of rotatable bonds is 1. The number of aryl methyl sites for hydroxylation is 1. The number of benzene rings is 1. The van der Waals surface area contributed by atoms with Gasteiger partial charge in [0.2, 0.25) is 0 Å². The van der Waals surface area contributed by atoms with Crippen LogP contribution in [0.3, 0.4) is 0 Å². The summed E-state index contributed by atoms with van der Waals surface area (Å²) in [5.41, 5.74) is 9.88. The molecule has 0 radical (unpaired) electrons. The number of aromatic nitrogens is 3. The highest BCUT2D eigenvalue weighted by Gasteiger charge is 2.28. The van der Waals surface area contributed by atoms with Crippen LogP contribution in [0.1, 0.15) is 5.56 Å². The Labute approximate surface area is 142 Å². The zero-order valence-electron chi connectivity index (χ0n) is 12.8. The first-order chi connectivity index (χ1) is 11.5. The molecule has 4 rings (SSSR count). The number of carboxylic acid groups (broad SMARTS) is 1. The molecule has 0 bridgehead atoms. The van der Waals surface area contributed by atoms with Crippen molar-refractivity contribution in [1.82, 2.24) is 14.5 Å². The van der Waals surface area contributed by atoms with Crippen molar-refractivity contribution in [3.63, 3.8) is 0 Å². The molecule has 1 aliphatic rings. The van der Waals surface area contributed by atoms with Gasteiger partial charge in [-0.25, -0.2) is 14.8 Å². The lowest BCUT2D eigenvalue weighted by Gasteiger charge is -2.14. The molecular weight excluding hydrogens is 330 g/mol. The Morgan fingerprint density at radius 3 is 2.88 bits per heavy atom. The second kappa shape index (κ2) is 5.10. The smallest absolute Gasteiger partial charge is 0.411 e. The van der Waals surface area contributed by atoms with Crippen LogP contribution in [0.4, 0.5) is 16.3 Å². The minimum Gasteiger partial charge on any atom is -0.465 e. The van der Waals surface area contributed by atoms with E-state index in [0.717, 1.165) is 27.7 Å². The predicted octanol–water partition coefficient (Wildman–Crippen LogP) is 2.91. The minimum atomic E-state index is -0.972. The van der Waals surface area contributed by atoms with Gasteiger partial charge in [-0.1, -0.05) is 17.7 Å². The van der Waals surface area contributed by atoms with Crippen molar-refractivity contribution >= 4 is 40.2 Å². The highest BCUT2D eigenvalue weighted by atomic mass is 35.5. The highest BCUT2D eigenvalue weighted by Crippen LogP contribution is 2.42. The van der Waals surface area contributed by atoms with E-state index >= 15 is 0 Å². The van der Waals surface area contributed by atoms with E-state index < -0.39 is 6.09 Å². The van der Waals surface area contributed by atoms with E-state index in [1.807, 2.05) is 23.9 Å². The standard InChI is InChI=1S/C16H14ClN5O2/c1-21-6-10(12-14(18)19-7-20-15(12)21)8-2-3-11-9(13(8)17)4-5-22(11)16(23)24/h2-3,6-7H,4-5H2,1H3,(H,23,24)(H2,18,19,20). The minimum absolute atomic E-state index is 0.388. The highest BCUT2D eigenvalue weighted by molar-refractivity contribution is 6.35. The first kappa shape index (κ1) is 14.8. The van der Waals surface area contributed by atoms with Crippen molar-refractivity contribution in [1.29, 1.82) is 0 Å². The monoisotopic (exact) mass is 343 g/mol. The van der Waals surface area contributed by atoms with E-state index in [9.17, 15) is 9.90 Å². The van der Waals surface area contributed by atoms with Crippen molar-refractivity contribution in [2.75, 3.05) is 17.2 Å². The Morgan fingerprint density at radius 2 is 2.12 bits per heavy atom. The number of hydrogen-bond donors (Lipinski definition) is 2. The molecule has 2 aromatic heterocycles. The van der Waals surface area contributed by atoms with E-state index in [-0.39, 0.29) is 0 Å². The largest absolute Gasteiger partial charge is 0.465 e. The maximum absolute atomic E-state index is 11.3. The molecule has 3 N–H and O–H groups in total. The van der Waals surface area contributed by atoms with Gasteiger partial charge in [0.05, 0.1) is 16.1 Å². The van der Waals surface area contributed by atoms with E-state index in [2.05, 4.69) is 9.97 Å². The van der Waals surface area contributed by atoms with Crippen LogP contribution >= 0.6 is 11.6 Å². The number of amides is 1. The molecule has 7 nitrogen and oxygen atoms in total. The van der Waals surface area contributed by atoms with Crippen molar-refractivity contribution < 1.29 is 9.90 Å². The third kappa shape index (κ3) is 1.94. The fraction of sp³-hybridized carbons (Fsp3) is 0.188. The van der Waals surface area contributed by atoms with Gasteiger partial charge >= 0.3 is 6.09 Å². The van der Waals surface area contributed by atoms with Crippen LogP contribution in [-0.4, -0.2) is 32.3 Å². The molecule has 0 spiro atoms. The summed E-state index contributed by atoms with van der Waals surface area (Å²) in [6, 6.07) is 3.61. The lowest BCUT2D eigenvalue weighted by molar-refractivity contribution is 0.202. The van der Waals surface area contributed by atoms with E-state index in [0.29, 0.717) is 29.5 Å². The predicted molar refractivity (Wildman–Crippen MR) is 92.4 cm³/mol. The van der Waals surface area contributed by atoms with Crippen molar-refractivity contribution in [3.8, 4) is 11.1 Å². The number of nitrogens with two attached hydrogens (primary N) is 1. The molecule has 1 aliphatic heterocycles. The van der Waals surface area contributed by atoms with Crippen LogP contribution in [0.15, 0.2) is 24.7 Å². The summed E-state index contributed by atoms with van der Waals surface area (Å²) in [5.74, 6) is 0.388. The van der Waals surface area contributed by atoms with Gasteiger partial charge in [0.15, 0.2) is 0 Å². The molecule has 1 amide bonds. The number of nitrogens with zero attached hydrogens (tertiary/aromatic N) is 4. The van der Waals surface area contributed by atoms with E-state index in [1.54, 1.807) is 6.07 Å². The van der Waals surface area contributed by atoms with Crippen LogP contribution in [0.25, 0.3) is 22.2 Å². The van der Waals surface area contributed by atoms with E-state index in [1.165, 1.54) is 11.2 Å². The van der Waals surface area contributed by atoms with Crippen LogP contribution < -0.4 is 10.6 Å². The third-order valence-corrected chi connectivity index (χ3v) is 4.83.